The topological polar surface area (TPSA) is 104 Å². The fourth-order valence-corrected chi connectivity index (χ4v) is 2.29. The highest BCUT2D eigenvalue weighted by atomic mass is 16.5. The van der Waals surface area contributed by atoms with Crippen molar-refractivity contribution in [2.45, 2.75) is 6.92 Å². The highest BCUT2D eigenvalue weighted by molar-refractivity contribution is 5.93. The van der Waals surface area contributed by atoms with E-state index in [0.717, 1.165) is 16.7 Å². The molecule has 0 amide bonds. The number of rotatable bonds is 4. The van der Waals surface area contributed by atoms with Gasteiger partial charge in [-0.15, -0.1) is 0 Å². The molecule has 0 aliphatic rings. The molecule has 0 aliphatic heterocycles. The van der Waals surface area contributed by atoms with Crippen LogP contribution in [0.2, 0.25) is 0 Å². The second kappa shape index (κ2) is 6.22. The van der Waals surface area contributed by atoms with Crippen molar-refractivity contribution in [2.24, 2.45) is 11.5 Å². The molecule has 0 bridgehead atoms. The molecule has 2 aromatic rings. The molecule has 6 N–H and O–H groups in total. The molecule has 0 unspecified atom stereocenters. The zero-order chi connectivity index (χ0) is 16.3. The van der Waals surface area contributed by atoms with Gasteiger partial charge in [0.25, 0.3) is 0 Å². The quantitative estimate of drug-likeness (QED) is 0.455. The van der Waals surface area contributed by atoms with E-state index < -0.39 is 0 Å². The number of aryl methyl sites for hydroxylation is 1. The SMILES string of the molecule is COc1ccc(C)cc1-c1cccc(/C(N)=C(\N)C=O)c1N. The van der Waals surface area contributed by atoms with E-state index in [-0.39, 0.29) is 11.4 Å². The number of para-hydroxylation sites is 1. The van der Waals surface area contributed by atoms with Crippen LogP contribution in [0.4, 0.5) is 5.69 Å². The maximum absolute atomic E-state index is 10.8. The van der Waals surface area contributed by atoms with Gasteiger partial charge in [-0.05, 0) is 19.1 Å². The van der Waals surface area contributed by atoms with Gasteiger partial charge in [-0.25, -0.2) is 0 Å². The van der Waals surface area contributed by atoms with Gasteiger partial charge in [-0.2, -0.15) is 0 Å². The summed E-state index contributed by atoms with van der Waals surface area (Å²) in [7, 11) is 1.60. The van der Waals surface area contributed by atoms with Crippen LogP contribution in [0.15, 0.2) is 42.1 Å². The minimum Gasteiger partial charge on any atom is -0.496 e. The Hall–Kier alpha value is -2.95. The number of benzene rings is 2. The highest BCUT2D eigenvalue weighted by Crippen LogP contribution is 2.37. The minimum atomic E-state index is -0.0416. The summed E-state index contributed by atoms with van der Waals surface area (Å²) in [6.45, 7) is 1.99. The number of carbonyl (C=O) groups is 1. The summed E-state index contributed by atoms with van der Waals surface area (Å²) in [6, 6.07) is 11.2. The molecule has 5 nitrogen and oxygen atoms in total. The molecular weight excluding hydrogens is 278 g/mol. The van der Waals surface area contributed by atoms with Crippen LogP contribution in [0.1, 0.15) is 11.1 Å². The largest absolute Gasteiger partial charge is 0.496 e. The van der Waals surface area contributed by atoms with Crippen LogP contribution in [0, 0.1) is 6.92 Å². The first kappa shape index (κ1) is 15.4. The molecule has 0 heterocycles. The van der Waals surface area contributed by atoms with Crippen LogP contribution in [0.25, 0.3) is 16.8 Å². The van der Waals surface area contributed by atoms with Gasteiger partial charge < -0.3 is 21.9 Å². The number of carbonyl (C=O) groups excluding carboxylic acids is 1. The van der Waals surface area contributed by atoms with Gasteiger partial charge in [-0.1, -0.05) is 29.8 Å². The second-order valence-corrected chi connectivity index (χ2v) is 4.96. The molecule has 0 saturated heterocycles. The Morgan fingerprint density at radius 1 is 1.14 bits per heavy atom. The lowest BCUT2D eigenvalue weighted by molar-refractivity contribution is -0.104. The van der Waals surface area contributed by atoms with Crippen LogP contribution in [-0.4, -0.2) is 13.4 Å². The van der Waals surface area contributed by atoms with Crippen LogP contribution in [-0.2, 0) is 4.79 Å². The summed E-state index contributed by atoms with van der Waals surface area (Å²) in [5.74, 6) is 0.709. The van der Waals surface area contributed by atoms with Crippen molar-refractivity contribution in [2.75, 3.05) is 12.8 Å². The van der Waals surface area contributed by atoms with Gasteiger partial charge >= 0.3 is 0 Å². The molecule has 0 atom stereocenters. The number of nitrogens with two attached hydrogens (primary N) is 3. The molecule has 0 radical (unpaired) electrons. The lowest BCUT2D eigenvalue weighted by atomic mass is 9.96. The summed E-state index contributed by atoms with van der Waals surface area (Å²) in [5.41, 5.74) is 21.6. The predicted octanol–water partition coefficient (Wildman–Crippen LogP) is 2.04. The van der Waals surface area contributed by atoms with Crippen LogP contribution >= 0.6 is 0 Å². The summed E-state index contributed by atoms with van der Waals surface area (Å²) in [4.78, 5) is 10.8. The van der Waals surface area contributed by atoms with Gasteiger partial charge in [0.15, 0.2) is 6.29 Å². The van der Waals surface area contributed by atoms with Crippen molar-refractivity contribution in [3.05, 3.63) is 53.2 Å². The molecule has 0 aromatic heterocycles. The third kappa shape index (κ3) is 2.74. The highest BCUT2D eigenvalue weighted by Gasteiger charge is 2.14. The van der Waals surface area contributed by atoms with E-state index in [0.29, 0.717) is 23.3 Å². The zero-order valence-corrected chi connectivity index (χ0v) is 12.6. The first-order valence-electron chi connectivity index (χ1n) is 6.73. The fourth-order valence-electron chi connectivity index (χ4n) is 2.29. The van der Waals surface area contributed by atoms with Gasteiger partial charge in [0.05, 0.1) is 18.5 Å². The number of allylic oxidation sites excluding steroid dienone is 1. The van der Waals surface area contributed by atoms with Crippen LogP contribution in [0.3, 0.4) is 0 Å². The molecule has 2 rings (SSSR count). The molecule has 22 heavy (non-hydrogen) atoms. The molecule has 0 fully saturated rings. The smallest absolute Gasteiger partial charge is 0.167 e. The van der Waals surface area contributed by atoms with Gasteiger partial charge in [-0.3, -0.25) is 4.79 Å². The van der Waals surface area contributed by atoms with E-state index in [4.69, 9.17) is 21.9 Å². The number of ether oxygens (including phenoxy) is 1. The number of anilines is 1. The Balaban J connectivity index is 2.69. The fraction of sp³-hybridized carbons (Fsp3) is 0.118. The Morgan fingerprint density at radius 3 is 2.50 bits per heavy atom. The van der Waals surface area contributed by atoms with Gasteiger partial charge in [0, 0.05) is 22.4 Å². The van der Waals surface area contributed by atoms with Crippen molar-refractivity contribution in [1.29, 1.82) is 0 Å². The van der Waals surface area contributed by atoms with E-state index in [1.807, 2.05) is 37.3 Å². The first-order chi connectivity index (χ1) is 10.5. The molecule has 0 aliphatic carbocycles. The average Bonchev–Trinajstić information content (AvgIpc) is 2.53. The Kier molecular flexibility index (Phi) is 4.36. The van der Waals surface area contributed by atoms with E-state index in [1.54, 1.807) is 13.2 Å². The molecule has 0 spiro atoms. The van der Waals surface area contributed by atoms with E-state index >= 15 is 0 Å². The van der Waals surface area contributed by atoms with Crippen LogP contribution in [0.5, 0.6) is 5.75 Å². The Morgan fingerprint density at radius 2 is 1.86 bits per heavy atom. The van der Waals surface area contributed by atoms with E-state index in [9.17, 15) is 4.79 Å². The first-order valence-corrected chi connectivity index (χ1v) is 6.73. The van der Waals surface area contributed by atoms with Crippen molar-refractivity contribution in [3.8, 4) is 16.9 Å². The van der Waals surface area contributed by atoms with Crippen molar-refractivity contribution >= 4 is 17.7 Å². The molecule has 5 heteroatoms. The van der Waals surface area contributed by atoms with Crippen LogP contribution < -0.4 is 21.9 Å². The van der Waals surface area contributed by atoms with Gasteiger partial charge in [0.1, 0.15) is 5.75 Å². The number of nitrogen functional groups attached to an aromatic ring is 1. The number of hydrogen-bond acceptors (Lipinski definition) is 5. The third-order valence-corrected chi connectivity index (χ3v) is 3.48. The summed E-state index contributed by atoms with van der Waals surface area (Å²) in [6.07, 6.45) is 0.509. The van der Waals surface area contributed by atoms with Crippen molar-refractivity contribution in [1.82, 2.24) is 0 Å². The third-order valence-electron chi connectivity index (χ3n) is 3.48. The summed E-state index contributed by atoms with van der Waals surface area (Å²) in [5, 5.41) is 0. The monoisotopic (exact) mass is 297 g/mol. The second-order valence-electron chi connectivity index (χ2n) is 4.96. The molecular formula is C17H19N3O2. The maximum Gasteiger partial charge on any atom is 0.167 e. The van der Waals surface area contributed by atoms with E-state index in [1.165, 1.54) is 0 Å². The number of methoxy groups -OCH3 is 1. The van der Waals surface area contributed by atoms with Crippen molar-refractivity contribution < 1.29 is 9.53 Å². The van der Waals surface area contributed by atoms with Crippen molar-refractivity contribution in [3.63, 3.8) is 0 Å². The lowest BCUT2D eigenvalue weighted by Gasteiger charge is -2.15. The Bertz CT molecular complexity index is 752. The minimum absolute atomic E-state index is 0.0416. The maximum atomic E-state index is 10.8. The summed E-state index contributed by atoms with van der Waals surface area (Å²) >= 11 is 0. The van der Waals surface area contributed by atoms with E-state index in [2.05, 4.69) is 0 Å². The summed E-state index contributed by atoms with van der Waals surface area (Å²) < 4.78 is 5.40. The molecule has 2 aromatic carbocycles. The average molecular weight is 297 g/mol. The molecule has 0 saturated carbocycles. The van der Waals surface area contributed by atoms with Gasteiger partial charge in [0.2, 0.25) is 0 Å². The predicted molar refractivity (Wildman–Crippen MR) is 88.9 cm³/mol. The standard InChI is InChI=1S/C17H19N3O2/c1-10-6-7-15(22-2)13(8-10)11-4-3-5-12(16(11)19)17(20)14(18)9-21/h3-9H,18-20H2,1-2H3/b17-14+. The molecule has 114 valence electrons. The lowest BCUT2D eigenvalue weighted by Crippen LogP contribution is -2.11. The zero-order valence-electron chi connectivity index (χ0n) is 12.6. The normalized spacial score (nSPS) is 11.7. The Labute approximate surface area is 129 Å². The number of hydrogen-bond donors (Lipinski definition) is 3. The number of aldehydes is 1.